The minimum absolute atomic E-state index is 0.453. The summed E-state index contributed by atoms with van der Waals surface area (Å²) in [5.41, 5.74) is 0.603. The van der Waals surface area contributed by atoms with Gasteiger partial charge in [0.15, 0.2) is 0 Å². The molecule has 0 N–H and O–H groups in total. The lowest BCUT2D eigenvalue weighted by atomic mass is 9.71. The van der Waals surface area contributed by atoms with Gasteiger partial charge in [-0.3, -0.25) is 0 Å². The van der Waals surface area contributed by atoms with Gasteiger partial charge in [-0.1, -0.05) is 47.0 Å². The van der Waals surface area contributed by atoms with Crippen molar-refractivity contribution in [1.29, 1.82) is 0 Å². The van der Waals surface area contributed by atoms with E-state index in [1.165, 1.54) is 44.9 Å². The molecular formula is C16H32O. The van der Waals surface area contributed by atoms with Crippen molar-refractivity contribution >= 4 is 0 Å². The minimum atomic E-state index is 0.453. The second-order valence-corrected chi connectivity index (χ2v) is 6.79. The van der Waals surface area contributed by atoms with E-state index >= 15 is 0 Å². The number of rotatable bonds is 6. The summed E-state index contributed by atoms with van der Waals surface area (Å²) in [6.07, 6.45) is 10.2. The van der Waals surface area contributed by atoms with Gasteiger partial charge in [0.25, 0.3) is 0 Å². The van der Waals surface area contributed by atoms with Crippen molar-refractivity contribution in [2.45, 2.75) is 78.7 Å². The standard InChI is InChI=1S/C16H32O/c1-13(2)14(3)15(17-5)9-12-16(4)10-7-6-8-11-16/h13-15H,6-12H2,1-5H3. The normalized spacial score (nSPS) is 23.6. The molecule has 2 atom stereocenters. The summed E-state index contributed by atoms with van der Waals surface area (Å²) >= 11 is 0. The summed E-state index contributed by atoms with van der Waals surface area (Å²) in [7, 11) is 1.88. The van der Waals surface area contributed by atoms with Crippen LogP contribution >= 0.6 is 0 Å². The molecule has 0 aliphatic heterocycles. The number of hydrogen-bond donors (Lipinski definition) is 0. The van der Waals surface area contributed by atoms with Crippen molar-refractivity contribution in [3.63, 3.8) is 0 Å². The first-order valence-electron chi connectivity index (χ1n) is 7.51. The minimum Gasteiger partial charge on any atom is -0.381 e. The summed E-state index contributed by atoms with van der Waals surface area (Å²) in [6.45, 7) is 9.43. The molecule has 1 aliphatic rings. The molecule has 1 fully saturated rings. The fourth-order valence-electron chi connectivity index (χ4n) is 3.17. The summed E-state index contributed by atoms with van der Waals surface area (Å²) in [4.78, 5) is 0. The van der Waals surface area contributed by atoms with Crippen molar-refractivity contribution in [1.82, 2.24) is 0 Å². The quantitative estimate of drug-likeness (QED) is 0.631. The SMILES string of the molecule is COC(CCC1(C)CCCCC1)C(C)C(C)C. The highest BCUT2D eigenvalue weighted by molar-refractivity contribution is 4.81. The Morgan fingerprint density at radius 3 is 2.12 bits per heavy atom. The second-order valence-electron chi connectivity index (χ2n) is 6.79. The van der Waals surface area contributed by atoms with Gasteiger partial charge >= 0.3 is 0 Å². The summed E-state index contributed by atoms with van der Waals surface area (Å²) in [5, 5.41) is 0. The Labute approximate surface area is 108 Å². The summed E-state index contributed by atoms with van der Waals surface area (Å²) in [5.74, 6) is 1.39. The van der Waals surface area contributed by atoms with Gasteiger partial charge in [0.2, 0.25) is 0 Å². The van der Waals surface area contributed by atoms with Crippen LogP contribution in [0.1, 0.15) is 72.6 Å². The molecule has 1 aliphatic carbocycles. The molecule has 0 radical (unpaired) electrons. The van der Waals surface area contributed by atoms with E-state index in [0.717, 1.165) is 5.92 Å². The lowest BCUT2D eigenvalue weighted by Crippen LogP contribution is -2.28. The molecule has 1 rings (SSSR count). The average Bonchev–Trinajstić information content (AvgIpc) is 2.30. The van der Waals surface area contributed by atoms with Crippen molar-refractivity contribution < 1.29 is 4.74 Å². The maximum Gasteiger partial charge on any atom is 0.0599 e. The molecule has 0 saturated heterocycles. The fraction of sp³-hybridized carbons (Fsp3) is 1.00. The first kappa shape index (κ1) is 15.0. The molecule has 1 nitrogen and oxygen atoms in total. The van der Waals surface area contributed by atoms with Crippen LogP contribution in [0.15, 0.2) is 0 Å². The molecule has 0 aromatic heterocycles. The molecule has 2 unspecified atom stereocenters. The second kappa shape index (κ2) is 6.78. The first-order valence-corrected chi connectivity index (χ1v) is 7.51. The zero-order valence-electron chi connectivity index (χ0n) is 12.6. The highest BCUT2D eigenvalue weighted by atomic mass is 16.5. The van der Waals surface area contributed by atoms with Crippen molar-refractivity contribution in [2.24, 2.45) is 17.3 Å². The molecule has 17 heavy (non-hydrogen) atoms. The smallest absolute Gasteiger partial charge is 0.0599 e. The van der Waals surface area contributed by atoms with Crippen LogP contribution in [-0.2, 0) is 4.74 Å². The zero-order chi connectivity index (χ0) is 12.9. The van der Waals surface area contributed by atoms with E-state index in [1.807, 2.05) is 7.11 Å². The number of methoxy groups -OCH3 is 1. The molecular weight excluding hydrogens is 208 g/mol. The average molecular weight is 240 g/mol. The molecule has 102 valence electrons. The molecule has 1 heteroatoms. The Kier molecular flexibility index (Phi) is 5.99. The van der Waals surface area contributed by atoms with Crippen LogP contribution in [0.2, 0.25) is 0 Å². The van der Waals surface area contributed by atoms with E-state index in [1.54, 1.807) is 0 Å². The topological polar surface area (TPSA) is 9.23 Å². The molecule has 0 spiro atoms. The van der Waals surface area contributed by atoms with Gasteiger partial charge in [0, 0.05) is 7.11 Å². The fourth-order valence-corrected chi connectivity index (χ4v) is 3.17. The van der Waals surface area contributed by atoms with Crippen LogP contribution in [0.5, 0.6) is 0 Å². The highest BCUT2D eigenvalue weighted by Crippen LogP contribution is 2.40. The number of hydrogen-bond acceptors (Lipinski definition) is 1. The molecule has 0 bridgehead atoms. The van der Waals surface area contributed by atoms with Gasteiger partial charge in [-0.15, -0.1) is 0 Å². The van der Waals surface area contributed by atoms with Gasteiger partial charge in [-0.2, -0.15) is 0 Å². The Hall–Kier alpha value is -0.0400. The van der Waals surface area contributed by atoms with Gasteiger partial charge in [-0.05, 0) is 42.9 Å². The largest absolute Gasteiger partial charge is 0.381 e. The molecule has 0 amide bonds. The van der Waals surface area contributed by atoms with Crippen molar-refractivity contribution in [3.8, 4) is 0 Å². The van der Waals surface area contributed by atoms with E-state index in [4.69, 9.17) is 4.74 Å². The third-order valence-electron chi connectivity index (χ3n) is 5.03. The predicted molar refractivity (Wildman–Crippen MR) is 75.2 cm³/mol. The van der Waals surface area contributed by atoms with Crippen LogP contribution in [-0.4, -0.2) is 13.2 Å². The van der Waals surface area contributed by atoms with Crippen LogP contribution in [0.3, 0.4) is 0 Å². The van der Waals surface area contributed by atoms with Crippen LogP contribution in [0.4, 0.5) is 0 Å². The van der Waals surface area contributed by atoms with E-state index in [2.05, 4.69) is 27.7 Å². The van der Waals surface area contributed by atoms with Gasteiger partial charge < -0.3 is 4.74 Å². The molecule has 0 aromatic rings. The Morgan fingerprint density at radius 1 is 1.06 bits per heavy atom. The third kappa shape index (κ3) is 4.62. The molecule has 1 saturated carbocycles. The van der Waals surface area contributed by atoms with Gasteiger partial charge in [0.1, 0.15) is 0 Å². The maximum atomic E-state index is 5.71. The maximum absolute atomic E-state index is 5.71. The van der Waals surface area contributed by atoms with Gasteiger partial charge in [0.05, 0.1) is 6.10 Å². The predicted octanol–water partition coefficient (Wildman–Crippen LogP) is 5.04. The molecule has 0 aromatic carbocycles. The number of ether oxygens (including phenoxy) is 1. The Balaban J connectivity index is 2.41. The lowest BCUT2D eigenvalue weighted by Gasteiger charge is -2.36. The Morgan fingerprint density at radius 2 is 1.65 bits per heavy atom. The van der Waals surface area contributed by atoms with Crippen molar-refractivity contribution in [2.75, 3.05) is 7.11 Å². The van der Waals surface area contributed by atoms with E-state index in [0.29, 0.717) is 17.4 Å². The van der Waals surface area contributed by atoms with Crippen molar-refractivity contribution in [3.05, 3.63) is 0 Å². The summed E-state index contributed by atoms with van der Waals surface area (Å²) in [6, 6.07) is 0. The first-order chi connectivity index (χ1) is 7.98. The Bertz CT molecular complexity index is 204. The zero-order valence-corrected chi connectivity index (χ0v) is 12.6. The lowest BCUT2D eigenvalue weighted by molar-refractivity contribution is 0.0209. The monoisotopic (exact) mass is 240 g/mol. The van der Waals surface area contributed by atoms with E-state index in [-0.39, 0.29) is 0 Å². The highest BCUT2D eigenvalue weighted by Gasteiger charge is 2.29. The third-order valence-corrected chi connectivity index (χ3v) is 5.03. The van der Waals surface area contributed by atoms with Crippen LogP contribution in [0, 0.1) is 17.3 Å². The van der Waals surface area contributed by atoms with E-state index in [9.17, 15) is 0 Å². The van der Waals surface area contributed by atoms with Crippen LogP contribution < -0.4 is 0 Å². The molecule has 0 heterocycles. The van der Waals surface area contributed by atoms with Gasteiger partial charge in [-0.25, -0.2) is 0 Å². The van der Waals surface area contributed by atoms with Crippen LogP contribution in [0.25, 0.3) is 0 Å². The summed E-state index contributed by atoms with van der Waals surface area (Å²) < 4.78 is 5.71. The van der Waals surface area contributed by atoms with E-state index < -0.39 is 0 Å².